The molecule has 1 heterocycles. The molecule has 1 saturated heterocycles. The molecule has 0 radical (unpaired) electrons. The Morgan fingerprint density at radius 1 is 0.530 bits per heavy atom. The van der Waals surface area contributed by atoms with Gasteiger partial charge in [-0.3, -0.25) is 14.1 Å². The molecule has 0 aliphatic carbocycles. The molecule has 0 aromatic heterocycles. The van der Waals surface area contributed by atoms with Crippen molar-refractivity contribution in [2.45, 2.75) is 294 Å². The molecule has 2 unspecified atom stereocenters. The van der Waals surface area contributed by atoms with Crippen LogP contribution in [0.4, 0.5) is 0 Å². The molecule has 0 saturated carbocycles. The normalized spacial score (nSPS) is 19.2. The van der Waals surface area contributed by atoms with Crippen molar-refractivity contribution in [2.24, 2.45) is 0 Å². The maximum Gasteiger partial charge on any atom is 0.306 e. The van der Waals surface area contributed by atoms with Gasteiger partial charge in [0, 0.05) is 12.8 Å². The summed E-state index contributed by atoms with van der Waals surface area (Å²) in [5.74, 6) is -1.96. The van der Waals surface area contributed by atoms with Gasteiger partial charge in [-0.25, -0.2) is 0 Å². The minimum absolute atomic E-state index is 0.171. The number of unbranched alkanes of at least 4 members (excludes halogenated alkanes) is 35. The predicted octanol–water partition coefficient (Wildman–Crippen LogP) is 12.6. The molecule has 4 N–H and O–H groups in total. The second kappa shape index (κ2) is 43.4. The predicted molar refractivity (Wildman–Crippen MR) is 266 cm³/mol. The third-order valence-electron chi connectivity index (χ3n) is 13.0. The van der Waals surface area contributed by atoms with Gasteiger partial charge in [-0.1, -0.05) is 225 Å². The summed E-state index contributed by atoms with van der Waals surface area (Å²) >= 11 is 0. The zero-order valence-corrected chi connectivity index (χ0v) is 42.7. The molecule has 6 atom stereocenters. The number of aliphatic hydroxyl groups is 3. The summed E-state index contributed by atoms with van der Waals surface area (Å²) in [6.07, 6.45) is 38.6. The van der Waals surface area contributed by atoms with E-state index >= 15 is 0 Å². The Morgan fingerprint density at radius 2 is 0.894 bits per heavy atom. The number of ether oxygens (including phenoxy) is 4. The van der Waals surface area contributed by atoms with E-state index in [1.165, 1.54) is 180 Å². The van der Waals surface area contributed by atoms with E-state index in [1.807, 2.05) is 6.08 Å². The standard InChI is InChI=1S/C53H100O12S/c1-3-5-7-9-11-13-15-17-19-20-21-22-23-24-25-26-28-30-32-34-36-38-40-42-49(55)64-46(44-63-53-52(58)51(57)50(56)47(65-53)45-66(59,60)61)43-62-48(54)41-39-37-35-33-31-29-27-18-16-14-12-10-8-6-4-2/h4,46-47,50-53,56-58H,2-3,5-45H2,1H3,(H,59,60,61)/t46-,47-,50-,51?,52?,53+/m1/s1. The molecule has 12 nitrogen and oxygen atoms in total. The molecule has 0 bridgehead atoms. The Bertz CT molecular complexity index is 1250. The molecular weight excluding hydrogens is 861 g/mol. The molecule has 1 rings (SSSR count). The first-order chi connectivity index (χ1) is 32.0. The van der Waals surface area contributed by atoms with E-state index in [9.17, 15) is 37.9 Å². The first-order valence-electron chi connectivity index (χ1n) is 27.2. The Kier molecular flexibility index (Phi) is 41.0. The molecule has 0 amide bonds. The van der Waals surface area contributed by atoms with Crippen molar-refractivity contribution in [3.63, 3.8) is 0 Å². The van der Waals surface area contributed by atoms with Crippen LogP contribution in [0.3, 0.4) is 0 Å². The average molecular weight is 961 g/mol. The van der Waals surface area contributed by atoms with E-state index in [1.54, 1.807) is 0 Å². The van der Waals surface area contributed by atoms with Crippen molar-refractivity contribution in [2.75, 3.05) is 19.0 Å². The molecule has 0 aromatic carbocycles. The number of hydrogen-bond acceptors (Lipinski definition) is 11. The fourth-order valence-electron chi connectivity index (χ4n) is 8.78. The lowest BCUT2D eigenvalue weighted by molar-refractivity contribution is -0.297. The van der Waals surface area contributed by atoms with Gasteiger partial charge in [-0.2, -0.15) is 8.42 Å². The zero-order valence-electron chi connectivity index (χ0n) is 41.9. The van der Waals surface area contributed by atoms with Gasteiger partial charge in [-0.05, 0) is 25.7 Å². The van der Waals surface area contributed by atoms with Crippen molar-refractivity contribution in [3.05, 3.63) is 12.7 Å². The van der Waals surface area contributed by atoms with E-state index in [0.29, 0.717) is 12.8 Å². The first-order valence-corrected chi connectivity index (χ1v) is 28.8. The molecule has 66 heavy (non-hydrogen) atoms. The number of aliphatic hydroxyl groups excluding tert-OH is 3. The highest BCUT2D eigenvalue weighted by Crippen LogP contribution is 2.24. The lowest BCUT2D eigenvalue weighted by atomic mass is 10.00. The molecular formula is C53H100O12S. The zero-order chi connectivity index (χ0) is 48.4. The maximum atomic E-state index is 12.9. The summed E-state index contributed by atoms with van der Waals surface area (Å²) in [6.45, 7) is 5.34. The van der Waals surface area contributed by atoms with Crippen LogP contribution in [0.15, 0.2) is 12.7 Å². The first kappa shape index (κ1) is 62.4. The van der Waals surface area contributed by atoms with Gasteiger partial charge >= 0.3 is 11.9 Å². The summed E-state index contributed by atoms with van der Waals surface area (Å²) in [7, 11) is -4.60. The Hall–Kier alpha value is -1.61. The molecule has 390 valence electrons. The Balaban J connectivity index is 2.30. The second-order valence-electron chi connectivity index (χ2n) is 19.3. The van der Waals surface area contributed by atoms with Crippen LogP contribution in [-0.4, -0.2) is 96.0 Å². The number of allylic oxidation sites excluding steroid dienone is 1. The van der Waals surface area contributed by atoms with Crippen LogP contribution in [0.5, 0.6) is 0 Å². The lowest BCUT2D eigenvalue weighted by Gasteiger charge is -2.40. The fourth-order valence-corrected chi connectivity index (χ4v) is 9.47. The van der Waals surface area contributed by atoms with Gasteiger partial charge in [0.25, 0.3) is 10.1 Å². The van der Waals surface area contributed by atoms with Crippen LogP contribution < -0.4 is 0 Å². The quantitative estimate of drug-likeness (QED) is 0.0196. The summed E-state index contributed by atoms with van der Waals surface area (Å²) < 4.78 is 54.3. The van der Waals surface area contributed by atoms with Crippen molar-refractivity contribution >= 4 is 22.1 Å². The maximum absolute atomic E-state index is 12.9. The number of carbonyl (C=O) groups excluding carboxylic acids is 2. The molecule has 13 heteroatoms. The largest absolute Gasteiger partial charge is 0.462 e. The van der Waals surface area contributed by atoms with Crippen LogP contribution in [0.1, 0.15) is 257 Å². The minimum atomic E-state index is -4.60. The van der Waals surface area contributed by atoms with E-state index in [4.69, 9.17) is 18.9 Å². The second-order valence-corrected chi connectivity index (χ2v) is 20.8. The molecule has 1 fully saturated rings. The third kappa shape index (κ3) is 37.3. The number of carbonyl (C=O) groups is 2. The number of rotatable bonds is 48. The van der Waals surface area contributed by atoms with E-state index in [0.717, 1.165) is 44.9 Å². The molecule has 1 aliphatic rings. The van der Waals surface area contributed by atoms with Crippen LogP contribution in [0.2, 0.25) is 0 Å². The van der Waals surface area contributed by atoms with Gasteiger partial charge in [0.05, 0.1) is 6.61 Å². The number of esters is 2. The minimum Gasteiger partial charge on any atom is -0.462 e. The van der Waals surface area contributed by atoms with E-state index in [2.05, 4.69) is 13.5 Å². The average Bonchev–Trinajstić information content (AvgIpc) is 3.28. The summed E-state index contributed by atoms with van der Waals surface area (Å²) in [5.41, 5.74) is 0. The monoisotopic (exact) mass is 961 g/mol. The van der Waals surface area contributed by atoms with Gasteiger partial charge in [0.1, 0.15) is 36.8 Å². The van der Waals surface area contributed by atoms with Gasteiger partial charge < -0.3 is 34.3 Å². The molecule has 0 aromatic rings. The third-order valence-corrected chi connectivity index (χ3v) is 13.7. The van der Waals surface area contributed by atoms with Crippen molar-refractivity contribution < 1.29 is 56.8 Å². The molecule has 0 spiro atoms. The van der Waals surface area contributed by atoms with E-state index in [-0.39, 0.29) is 19.4 Å². The fraction of sp³-hybridized carbons (Fsp3) is 0.925. The SMILES string of the molecule is C=CCCCCCCCCCCCCCCCC(=O)OC[C@H](CO[C@H]1O[C@H](CS(=O)(=O)O)[C@@H](O)C(O)C1O)OC(=O)CCCCCCCCCCCCCCCCCCCCCCCCC. The van der Waals surface area contributed by atoms with Crippen molar-refractivity contribution in [1.29, 1.82) is 0 Å². The highest BCUT2D eigenvalue weighted by molar-refractivity contribution is 7.85. The number of hydrogen-bond donors (Lipinski definition) is 4. The van der Waals surface area contributed by atoms with Gasteiger partial charge in [0.15, 0.2) is 12.4 Å². The summed E-state index contributed by atoms with van der Waals surface area (Å²) in [5, 5.41) is 31.0. The van der Waals surface area contributed by atoms with Crippen LogP contribution >= 0.6 is 0 Å². The van der Waals surface area contributed by atoms with Crippen LogP contribution in [-0.2, 0) is 38.7 Å². The van der Waals surface area contributed by atoms with Gasteiger partial charge in [0.2, 0.25) is 0 Å². The van der Waals surface area contributed by atoms with E-state index < -0.39 is 71.2 Å². The van der Waals surface area contributed by atoms with Gasteiger partial charge in [-0.15, -0.1) is 6.58 Å². The van der Waals surface area contributed by atoms with Crippen molar-refractivity contribution in [3.8, 4) is 0 Å². The Labute approximate surface area is 403 Å². The highest BCUT2D eigenvalue weighted by Gasteiger charge is 2.46. The lowest BCUT2D eigenvalue weighted by Crippen LogP contribution is -2.60. The summed E-state index contributed by atoms with van der Waals surface area (Å²) in [6, 6.07) is 0. The molecule has 1 aliphatic heterocycles. The summed E-state index contributed by atoms with van der Waals surface area (Å²) in [4.78, 5) is 25.5. The topological polar surface area (TPSA) is 186 Å². The smallest absolute Gasteiger partial charge is 0.306 e. The highest BCUT2D eigenvalue weighted by atomic mass is 32.2. The van der Waals surface area contributed by atoms with Crippen molar-refractivity contribution in [1.82, 2.24) is 0 Å². The van der Waals surface area contributed by atoms with Crippen LogP contribution in [0, 0.1) is 0 Å². The Morgan fingerprint density at radius 3 is 1.27 bits per heavy atom. The van der Waals surface area contributed by atoms with Crippen LogP contribution in [0.25, 0.3) is 0 Å².